The van der Waals surface area contributed by atoms with Crippen LogP contribution in [0.5, 0.6) is 0 Å². The first-order valence-corrected chi connectivity index (χ1v) is 12.3. The van der Waals surface area contributed by atoms with E-state index in [2.05, 4.69) is 78.2 Å². The van der Waals surface area contributed by atoms with Crippen LogP contribution in [0.25, 0.3) is 10.9 Å². The Hall–Kier alpha value is -4.53. The number of anilines is 2. The van der Waals surface area contributed by atoms with Crippen LogP contribution in [0.4, 0.5) is 11.4 Å². The van der Waals surface area contributed by atoms with Crippen LogP contribution in [0.15, 0.2) is 73.2 Å². The zero-order valence-electron chi connectivity index (χ0n) is 21.5. The molecule has 0 saturated carbocycles. The second-order valence-electron chi connectivity index (χ2n) is 10.2. The van der Waals surface area contributed by atoms with E-state index in [-0.39, 0.29) is 11.5 Å². The molecule has 2 aromatic carbocycles. The third-order valence-corrected chi connectivity index (χ3v) is 5.98. The molecule has 4 N–H and O–H groups in total. The van der Waals surface area contributed by atoms with E-state index in [1.807, 2.05) is 47.6 Å². The van der Waals surface area contributed by atoms with Crippen LogP contribution in [0.1, 0.15) is 49.9 Å². The number of aromatic nitrogens is 1. The molecule has 0 unspecified atom stereocenters. The largest absolute Gasteiger partial charge is 0.383 e. The van der Waals surface area contributed by atoms with Crippen LogP contribution >= 0.6 is 0 Å². The molecule has 8 heteroatoms. The van der Waals surface area contributed by atoms with E-state index < -0.39 is 0 Å². The monoisotopic (exact) mass is 492 g/mol. The molecule has 0 fully saturated rings. The van der Waals surface area contributed by atoms with Crippen LogP contribution in [0, 0.1) is 28.1 Å². The van der Waals surface area contributed by atoms with Crippen molar-refractivity contribution in [1.29, 1.82) is 10.5 Å². The van der Waals surface area contributed by atoms with E-state index >= 15 is 0 Å². The highest BCUT2D eigenvalue weighted by Gasteiger charge is 2.23. The van der Waals surface area contributed by atoms with Crippen molar-refractivity contribution >= 4 is 22.3 Å². The average molecular weight is 493 g/mol. The van der Waals surface area contributed by atoms with Crippen LogP contribution in [0.3, 0.4) is 0 Å². The number of hydrazine groups is 2. The minimum absolute atomic E-state index is 0.000265. The number of hydrogen-bond acceptors (Lipinski definition) is 8. The molecule has 1 aliphatic rings. The summed E-state index contributed by atoms with van der Waals surface area (Å²) in [5, 5.41) is 29.5. The number of rotatable bonds is 9. The Bertz CT molecular complexity index is 1390. The van der Waals surface area contributed by atoms with Crippen molar-refractivity contribution in [3.63, 3.8) is 0 Å². The van der Waals surface area contributed by atoms with Crippen molar-refractivity contribution in [3.05, 3.63) is 89.9 Å². The van der Waals surface area contributed by atoms with Gasteiger partial charge in [-0.05, 0) is 29.5 Å². The van der Waals surface area contributed by atoms with Crippen molar-refractivity contribution < 1.29 is 0 Å². The molecule has 4 rings (SSSR count). The molecule has 0 amide bonds. The average Bonchev–Trinajstić information content (AvgIpc) is 3.37. The fraction of sp³-hybridized carbons (Fsp3) is 0.276. The summed E-state index contributed by atoms with van der Waals surface area (Å²) in [5.41, 5.74) is 11.3. The predicted octanol–water partition coefficient (Wildman–Crippen LogP) is 5.33. The summed E-state index contributed by atoms with van der Waals surface area (Å²) in [5.74, 6) is 0. The quantitative estimate of drug-likeness (QED) is 0.297. The Morgan fingerprint density at radius 3 is 2.57 bits per heavy atom. The first-order chi connectivity index (χ1) is 17.8. The van der Waals surface area contributed by atoms with Gasteiger partial charge in [0.05, 0.1) is 34.1 Å². The van der Waals surface area contributed by atoms with E-state index in [0.29, 0.717) is 28.9 Å². The van der Waals surface area contributed by atoms with Crippen LogP contribution < -0.4 is 21.6 Å². The molecule has 0 saturated heterocycles. The summed E-state index contributed by atoms with van der Waals surface area (Å²) in [6.07, 6.45) is 6.29. The maximum absolute atomic E-state index is 9.96. The lowest BCUT2D eigenvalue weighted by Crippen LogP contribution is -2.37. The van der Waals surface area contributed by atoms with Gasteiger partial charge >= 0.3 is 0 Å². The Balaban J connectivity index is 1.78. The topological polar surface area (TPSA) is 112 Å². The van der Waals surface area contributed by atoms with Crippen molar-refractivity contribution in [2.75, 3.05) is 23.7 Å². The molecular weight excluding hydrogens is 460 g/mol. The lowest BCUT2D eigenvalue weighted by molar-refractivity contribution is 0.275. The van der Waals surface area contributed by atoms with Gasteiger partial charge in [-0.2, -0.15) is 10.5 Å². The van der Waals surface area contributed by atoms with Crippen molar-refractivity contribution in [2.24, 2.45) is 5.41 Å². The number of hydrogen-bond donors (Lipinski definition) is 4. The minimum Gasteiger partial charge on any atom is -0.383 e. The van der Waals surface area contributed by atoms with Gasteiger partial charge in [-0.25, -0.2) is 0 Å². The van der Waals surface area contributed by atoms with E-state index in [0.717, 1.165) is 35.3 Å². The van der Waals surface area contributed by atoms with E-state index in [1.54, 1.807) is 0 Å². The molecule has 188 valence electrons. The zero-order chi connectivity index (χ0) is 26.4. The molecule has 8 nitrogen and oxygen atoms in total. The van der Waals surface area contributed by atoms with Gasteiger partial charge in [-0.15, -0.1) is 12.1 Å². The first kappa shape index (κ1) is 25.6. The molecule has 37 heavy (non-hydrogen) atoms. The lowest BCUT2D eigenvalue weighted by Gasteiger charge is -2.23. The van der Waals surface area contributed by atoms with Gasteiger partial charge in [-0.1, -0.05) is 57.2 Å². The SMILES string of the molecule is C=CCCN1C=C([C@@H](Nc2cc(C#N)c3ncc(C#N)c(NCC(C)(C)C)c3c2)c2ccccc2)NN1. The van der Waals surface area contributed by atoms with Gasteiger partial charge in [-0.3, -0.25) is 9.99 Å². The molecule has 0 spiro atoms. The number of fused-ring (bicyclic) bond motifs is 1. The highest BCUT2D eigenvalue weighted by molar-refractivity contribution is 5.99. The number of nitrogens with one attached hydrogen (secondary N) is 4. The van der Waals surface area contributed by atoms with Gasteiger partial charge in [0.15, 0.2) is 0 Å². The summed E-state index contributed by atoms with van der Waals surface area (Å²) in [6, 6.07) is 18.2. The van der Waals surface area contributed by atoms with Crippen molar-refractivity contribution in [3.8, 4) is 12.1 Å². The number of nitrogens with zero attached hydrogens (tertiary/aromatic N) is 4. The molecule has 1 aromatic heterocycles. The first-order valence-electron chi connectivity index (χ1n) is 12.3. The van der Waals surface area contributed by atoms with Gasteiger partial charge in [0, 0.05) is 36.6 Å². The normalized spacial score (nSPS) is 13.8. The highest BCUT2D eigenvalue weighted by atomic mass is 15.7. The molecule has 0 aliphatic carbocycles. The summed E-state index contributed by atoms with van der Waals surface area (Å²) in [7, 11) is 0. The maximum Gasteiger partial charge on any atom is 0.103 e. The Morgan fingerprint density at radius 1 is 1.14 bits per heavy atom. The second kappa shape index (κ2) is 11.0. The van der Waals surface area contributed by atoms with Crippen LogP contribution in [0.2, 0.25) is 0 Å². The maximum atomic E-state index is 9.96. The third-order valence-electron chi connectivity index (χ3n) is 5.98. The highest BCUT2D eigenvalue weighted by Crippen LogP contribution is 2.34. The number of pyridine rings is 1. The molecule has 1 aliphatic heterocycles. The Labute approximate surface area is 218 Å². The summed E-state index contributed by atoms with van der Waals surface area (Å²) < 4.78 is 0. The zero-order valence-corrected chi connectivity index (χ0v) is 21.5. The van der Waals surface area contributed by atoms with Crippen LogP contribution in [-0.2, 0) is 0 Å². The molecule has 1 atom stereocenters. The van der Waals surface area contributed by atoms with Gasteiger partial charge in [0.2, 0.25) is 0 Å². The summed E-state index contributed by atoms with van der Waals surface area (Å²) in [4.78, 5) is 4.46. The predicted molar refractivity (Wildman–Crippen MR) is 148 cm³/mol. The summed E-state index contributed by atoms with van der Waals surface area (Å²) in [6.45, 7) is 11.6. The molecule has 0 bridgehead atoms. The lowest BCUT2D eigenvalue weighted by atomic mass is 9.96. The van der Waals surface area contributed by atoms with Gasteiger partial charge in [0.25, 0.3) is 0 Å². The molecular formula is C29H32N8. The minimum atomic E-state index is -0.218. The van der Waals surface area contributed by atoms with Crippen molar-refractivity contribution in [1.82, 2.24) is 21.0 Å². The number of benzene rings is 2. The fourth-order valence-electron chi connectivity index (χ4n) is 4.12. The third kappa shape index (κ3) is 6.00. The van der Waals surface area contributed by atoms with Gasteiger partial charge in [0.1, 0.15) is 12.1 Å². The molecule has 2 heterocycles. The van der Waals surface area contributed by atoms with Crippen molar-refractivity contribution in [2.45, 2.75) is 33.2 Å². The fourth-order valence-corrected chi connectivity index (χ4v) is 4.12. The standard InChI is InChI=1S/C29H32N8/c1-5-6-12-37-18-25(35-36-37)28(20-10-8-7-9-11-20)34-23-13-21(15-30)26-24(14-23)27(22(16-31)17-32-26)33-19-29(2,3)4/h5,7-11,13-14,17-18,28,34-36H,1,6,12,19H2,2-4H3,(H,32,33)/t28-/m0/s1. The van der Waals surface area contributed by atoms with Crippen LogP contribution in [-0.4, -0.2) is 23.1 Å². The smallest absolute Gasteiger partial charge is 0.103 e. The Kier molecular flexibility index (Phi) is 7.62. The van der Waals surface area contributed by atoms with E-state index in [4.69, 9.17) is 0 Å². The van der Waals surface area contributed by atoms with E-state index in [9.17, 15) is 10.5 Å². The van der Waals surface area contributed by atoms with E-state index in [1.165, 1.54) is 6.20 Å². The second-order valence-corrected chi connectivity index (χ2v) is 10.2. The molecule has 0 radical (unpaired) electrons. The summed E-state index contributed by atoms with van der Waals surface area (Å²) >= 11 is 0. The number of nitriles is 2. The Morgan fingerprint density at radius 2 is 1.89 bits per heavy atom. The molecule has 3 aromatic rings. The van der Waals surface area contributed by atoms with Gasteiger partial charge < -0.3 is 16.1 Å².